The second kappa shape index (κ2) is 6.48. The minimum atomic E-state index is -0.473. The first-order valence-corrected chi connectivity index (χ1v) is 8.14. The van der Waals surface area contributed by atoms with Gasteiger partial charge in [0.25, 0.3) is 0 Å². The highest BCUT2D eigenvalue weighted by molar-refractivity contribution is 5.90. The molecule has 0 aromatic heterocycles. The van der Waals surface area contributed by atoms with Crippen LogP contribution in [0.5, 0.6) is 0 Å². The molecule has 1 aromatic carbocycles. The number of aryl methyl sites for hydroxylation is 2. The Labute approximate surface area is 130 Å². The van der Waals surface area contributed by atoms with E-state index in [1.165, 1.54) is 30.4 Å². The van der Waals surface area contributed by atoms with Crippen LogP contribution in [0.15, 0.2) is 18.2 Å². The highest BCUT2D eigenvalue weighted by Crippen LogP contribution is 2.26. The average molecular weight is 301 g/mol. The van der Waals surface area contributed by atoms with E-state index in [0.717, 1.165) is 18.4 Å². The van der Waals surface area contributed by atoms with Crippen molar-refractivity contribution in [1.82, 2.24) is 16.2 Å². The number of hydrogen-bond donors (Lipinski definition) is 3. The number of carbonyl (C=O) groups excluding carboxylic acids is 2. The lowest BCUT2D eigenvalue weighted by Gasteiger charge is -2.22. The standard InChI is InChI=1S/C17H23N3O2/c1-2-14(18-17(22)15-10-16(21)20-19-15)13-8-7-11-5-3-4-6-12(11)9-13/h7-9,14-15,19H,2-6,10H2,1H3,(H,18,22)(H,20,21). The molecule has 3 N–H and O–H groups in total. The molecule has 1 aliphatic heterocycles. The van der Waals surface area contributed by atoms with Gasteiger partial charge in [-0.25, -0.2) is 5.43 Å². The molecule has 0 spiro atoms. The molecular formula is C17H23N3O2. The van der Waals surface area contributed by atoms with Crippen molar-refractivity contribution in [3.05, 3.63) is 34.9 Å². The lowest BCUT2D eigenvalue weighted by molar-refractivity contribution is -0.125. The van der Waals surface area contributed by atoms with Gasteiger partial charge in [0.1, 0.15) is 6.04 Å². The average Bonchev–Trinajstić information content (AvgIpc) is 2.98. The first-order chi connectivity index (χ1) is 10.7. The number of hydrogen-bond acceptors (Lipinski definition) is 3. The zero-order valence-corrected chi connectivity index (χ0v) is 12.9. The smallest absolute Gasteiger partial charge is 0.239 e. The molecule has 2 unspecified atom stereocenters. The van der Waals surface area contributed by atoms with E-state index in [0.29, 0.717) is 0 Å². The zero-order chi connectivity index (χ0) is 15.5. The van der Waals surface area contributed by atoms with Crippen molar-refractivity contribution < 1.29 is 9.59 Å². The van der Waals surface area contributed by atoms with Crippen LogP contribution < -0.4 is 16.2 Å². The Morgan fingerprint density at radius 1 is 1.32 bits per heavy atom. The first kappa shape index (κ1) is 15.0. The zero-order valence-electron chi connectivity index (χ0n) is 12.9. The van der Waals surface area contributed by atoms with Crippen LogP contribution >= 0.6 is 0 Å². The lowest BCUT2D eigenvalue weighted by atomic mass is 9.88. The highest BCUT2D eigenvalue weighted by atomic mass is 16.2. The summed E-state index contributed by atoms with van der Waals surface area (Å²) >= 11 is 0. The molecular weight excluding hydrogens is 278 g/mol. The van der Waals surface area contributed by atoms with E-state index < -0.39 is 6.04 Å². The van der Waals surface area contributed by atoms with E-state index in [9.17, 15) is 9.59 Å². The third-order valence-electron chi connectivity index (χ3n) is 4.59. The SMILES string of the molecule is CCC(NC(=O)C1CC(=O)NN1)c1ccc2c(c1)CCCC2. The van der Waals surface area contributed by atoms with Crippen molar-refractivity contribution in [1.29, 1.82) is 0 Å². The van der Waals surface area contributed by atoms with Gasteiger partial charge in [0.15, 0.2) is 0 Å². The molecule has 5 nitrogen and oxygen atoms in total. The summed E-state index contributed by atoms with van der Waals surface area (Å²) in [6, 6.07) is 6.10. The highest BCUT2D eigenvalue weighted by Gasteiger charge is 2.29. The topological polar surface area (TPSA) is 70.2 Å². The van der Waals surface area contributed by atoms with Gasteiger partial charge >= 0.3 is 0 Å². The van der Waals surface area contributed by atoms with Crippen molar-refractivity contribution in [2.45, 2.75) is 57.5 Å². The van der Waals surface area contributed by atoms with Crippen LogP contribution in [0.4, 0.5) is 0 Å². The van der Waals surface area contributed by atoms with Crippen LogP contribution in [0.1, 0.15) is 55.3 Å². The molecule has 1 fully saturated rings. The van der Waals surface area contributed by atoms with Gasteiger partial charge in [-0.1, -0.05) is 25.1 Å². The Hall–Kier alpha value is -1.88. The van der Waals surface area contributed by atoms with Crippen LogP contribution in [0.25, 0.3) is 0 Å². The molecule has 1 aromatic rings. The van der Waals surface area contributed by atoms with E-state index in [1.807, 2.05) is 0 Å². The fourth-order valence-corrected chi connectivity index (χ4v) is 3.28. The number of benzene rings is 1. The van der Waals surface area contributed by atoms with E-state index in [4.69, 9.17) is 0 Å². The molecule has 0 saturated carbocycles. The summed E-state index contributed by atoms with van der Waals surface area (Å²) in [6.45, 7) is 2.07. The van der Waals surface area contributed by atoms with Gasteiger partial charge in [-0.15, -0.1) is 0 Å². The summed E-state index contributed by atoms with van der Waals surface area (Å²) < 4.78 is 0. The molecule has 1 heterocycles. The molecule has 5 heteroatoms. The molecule has 2 amide bonds. The maximum absolute atomic E-state index is 12.3. The minimum Gasteiger partial charge on any atom is -0.348 e. The maximum atomic E-state index is 12.3. The summed E-state index contributed by atoms with van der Waals surface area (Å²) in [5.41, 5.74) is 9.23. The van der Waals surface area contributed by atoms with Crippen LogP contribution in [-0.2, 0) is 22.4 Å². The van der Waals surface area contributed by atoms with Crippen molar-refractivity contribution >= 4 is 11.8 Å². The molecule has 1 saturated heterocycles. The number of nitrogens with one attached hydrogen (secondary N) is 3. The number of hydrazine groups is 1. The molecule has 1 aliphatic carbocycles. The summed E-state index contributed by atoms with van der Waals surface area (Å²) in [4.78, 5) is 23.4. The Morgan fingerprint density at radius 3 is 2.77 bits per heavy atom. The second-order valence-corrected chi connectivity index (χ2v) is 6.15. The third kappa shape index (κ3) is 3.14. The summed E-state index contributed by atoms with van der Waals surface area (Å²) in [6.07, 6.45) is 5.85. The predicted octanol–water partition coefficient (Wildman–Crippen LogP) is 1.53. The maximum Gasteiger partial charge on any atom is 0.239 e. The van der Waals surface area contributed by atoms with Crippen molar-refractivity contribution in [2.24, 2.45) is 0 Å². The Balaban J connectivity index is 1.71. The van der Waals surface area contributed by atoms with Gasteiger partial charge < -0.3 is 5.32 Å². The first-order valence-electron chi connectivity index (χ1n) is 8.14. The summed E-state index contributed by atoms with van der Waals surface area (Å²) in [7, 11) is 0. The fraction of sp³-hybridized carbons (Fsp3) is 0.529. The number of carbonyl (C=O) groups is 2. The molecule has 2 atom stereocenters. The van der Waals surface area contributed by atoms with Gasteiger partial charge in [-0.3, -0.25) is 15.0 Å². The summed E-state index contributed by atoms with van der Waals surface area (Å²) in [5.74, 6) is -0.259. The predicted molar refractivity (Wildman–Crippen MR) is 83.9 cm³/mol. The van der Waals surface area contributed by atoms with E-state index in [1.54, 1.807) is 0 Å². The van der Waals surface area contributed by atoms with Gasteiger partial charge in [0, 0.05) is 0 Å². The molecule has 22 heavy (non-hydrogen) atoms. The normalized spacial score (nSPS) is 21.9. The van der Waals surface area contributed by atoms with Crippen LogP contribution in [0.3, 0.4) is 0 Å². The van der Waals surface area contributed by atoms with Gasteiger partial charge in [-0.05, 0) is 48.8 Å². The largest absolute Gasteiger partial charge is 0.348 e. The molecule has 118 valence electrons. The molecule has 0 radical (unpaired) electrons. The van der Waals surface area contributed by atoms with Crippen molar-refractivity contribution in [2.75, 3.05) is 0 Å². The van der Waals surface area contributed by atoms with E-state index >= 15 is 0 Å². The number of amides is 2. The fourth-order valence-electron chi connectivity index (χ4n) is 3.28. The van der Waals surface area contributed by atoms with Gasteiger partial charge in [0.2, 0.25) is 11.8 Å². The van der Waals surface area contributed by atoms with Crippen LogP contribution in [-0.4, -0.2) is 17.9 Å². The minimum absolute atomic E-state index is 0.00257. The Bertz CT molecular complexity index is 585. The Morgan fingerprint density at radius 2 is 2.09 bits per heavy atom. The van der Waals surface area contributed by atoms with Crippen molar-refractivity contribution in [3.8, 4) is 0 Å². The monoisotopic (exact) mass is 301 g/mol. The molecule has 0 bridgehead atoms. The van der Waals surface area contributed by atoms with Gasteiger partial charge in [0.05, 0.1) is 12.5 Å². The van der Waals surface area contributed by atoms with Gasteiger partial charge in [-0.2, -0.15) is 0 Å². The number of rotatable bonds is 4. The van der Waals surface area contributed by atoms with Crippen LogP contribution in [0, 0.1) is 0 Å². The summed E-state index contributed by atoms with van der Waals surface area (Å²) in [5, 5.41) is 3.06. The molecule has 2 aliphatic rings. The van der Waals surface area contributed by atoms with E-state index in [-0.39, 0.29) is 24.3 Å². The quantitative estimate of drug-likeness (QED) is 0.790. The van der Waals surface area contributed by atoms with Crippen LogP contribution in [0.2, 0.25) is 0 Å². The number of fused-ring (bicyclic) bond motifs is 1. The van der Waals surface area contributed by atoms with E-state index in [2.05, 4.69) is 41.3 Å². The lowest BCUT2D eigenvalue weighted by Crippen LogP contribution is -2.44. The molecule has 3 rings (SSSR count). The third-order valence-corrected chi connectivity index (χ3v) is 4.59. The Kier molecular flexibility index (Phi) is 4.43. The van der Waals surface area contributed by atoms with Crippen molar-refractivity contribution in [3.63, 3.8) is 0 Å². The second-order valence-electron chi connectivity index (χ2n) is 6.15.